The summed E-state index contributed by atoms with van der Waals surface area (Å²) in [6, 6.07) is 24.4. The SMILES string of the molecule is CCn1c2c(c3sc(C(c4ccccc4)c4ccn(COCC[Si](C)(C)C)n4)nc31)C=NN(Cc1ccccc1)C2. The fourth-order valence-electron chi connectivity index (χ4n) is 5.33. The Labute approximate surface area is 247 Å². The van der Waals surface area contributed by atoms with Gasteiger partial charge >= 0.3 is 0 Å². The molecule has 4 heterocycles. The van der Waals surface area contributed by atoms with Crippen LogP contribution in [0.3, 0.4) is 0 Å². The first-order valence-corrected chi connectivity index (χ1v) is 18.9. The molecule has 2 aromatic carbocycles. The summed E-state index contributed by atoms with van der Waals surface area (Å²) < 4.78 is 11.4. The molecule has 7 nitrogen and oxygen atoms in total. The molecular weight excluding hydrogens is 545 g/mol. The standard InChI is InChI=1S/C32H38N6OSSi/c1-5-38-28-22-37(21-24-12-8-6-9-13-24)33-20-26(28)30-31(38)34-32(40-30)29(25-14-10-7-11-15-25)27-16-17-36(35-27)23-39-18-19-41(2,3)4/h6-17,20,29H,5,18-19,21-23H2,1-4H3. The molecule has 6 rings (SSSR count). The molecule has 0 fully saturated rings. The van der Waals surface area contributed by atoms with E-state index >= 15 is 0 Å². The van der Waals surface area contributed by atoms with Crippen LogP contribution in [0.5, 0.6) is 0 Å². The van der Waals surface area contributed by atoms with Crippen LogP contribution < -0.4 is 0 Å². The van der Waals surface area contributed by atoms with Crippen molar-refractivity contribution in [3.05, 3.63) is 106 Å². The Hall–Kier alpha value is -3.53. The van der Waals surface area contributed by atoms with E-state index in [1.807, 2.05) is 17.1 Å². The predicted octanol–water partition coefficient (Wildman–Crippen LogP) is 7.16. The Morgan fingerprint density at radius 2 is 1.76 bits per heavy atom. The lowest BCUT2D eigenvalue weighted by Gasteiger charge is -2.24. The van der Waals surface area contributed by atoms with Crippen molar-refractivity contribution >= 4 is 36.0 Å². The first kappa shape index (κ1) is 27.6. The summed E-state index contributed by atoms with van der Waals surface area (Å²) in [5, 5.41) is 13.0. The van der Waals surface area contributed by atoms with Gasteiger partial charge in [-0.05, 0) is 30.2 Å². The predicted molar refractivity (Wildman–Crippen MR) is 170 cm³/mol. The van der Waals surface area contributed by atoms with Crippen LogP contribution in [0, 0.1) is 0 Å². The largest absolute Gasteiger partial charge is 0.360 e. The van der Waals surface area contributed by atoms with E-state index in [4.69, 9.17) is 19.9 Å². The van der Waals surface area contributed by atoms with E-state index in [0.29, 0.717) is 6.73 Å². The van der Waals surface area contributed by atoms with Gasteiger partial charge in [-0.25, -0.2) is 9.67 Å². The first-order chi connectivity index (χ1) is 19.9. The second-order valence-corrected chi connectivity index (χ2v) is 18.5. The molecule has 0 amide bonds. The normalized spacial score (nSPS) is 14.1. The van der Waals surface area contributed by atoms with Gasteiger partial charge in [0.2, 0.25) is 0 Å². The molecule has 0 radical (unpaired) electrons. The zero-order valence-corrected chi connectivity index (χ0v) is 26.1. The average molecular weight is 583 g/mol. The summed E-state index contributed by atoms with van der Waals surface area (Å²) in [7, 11) is -1.12. The van der Waals surface area contributed by atoms with Crippen molar-refractivity contribution in [1.82, 2.24) is 24.3 Å². The molecule has 0 N–H and O–H groups in total. The number of benzene rings is 2. The number of aryl methyl sites for hydroxylation is 1. The number of hydrazone groups is 1. The average Bonchev–Trinajstić information content (AvgIpc) is 3.67. The van der Waals surface area contributed by atoms with E-state index in [2.05, 4.69) is 103 Å². The summed E-state index contributed by atoms with van der Waals surface area (Å²) in [5.41, 5.74) is 6.96. The number of ether oxygens (including phenoxy) is 1. The van der Waals surface area contributed by atoms with Crippen molar-refractivity contribution in [2.75, 3.05) is 6.61 Å². The topological polar surface area (TPSA) is 60.5 Å². The molecule has 0 bridgehead atoms. The minimum Gasteiger partial charge on any atom is -0.360 e. The monoisotopic (exact) mass is 582 g/mol. The third-order valence-corrected chi connectivity index (χ3v) is 10.4. The van der Waals surface area contributed by atoms with E-state index in [0.717, 1.165) is 48.6 Å². The Bertz CT molecular complexity index is 1630. The zero-order chi connectivity index (χ0) is 28.4. The fraction of sp³-hybridized carbons (Fsp3) is 0.344. The highest BCUT2D eigenvalue weighted by Crippen LogP contribution is 2.39. The van der Waals surface area contributed by atoms with E-state index in [1.165, 1.54) is 27.1 Å². The molecule has 1 atom stereocenters. The Morgan fingerprint density at radius 1 is 1.00 bits per heavy atom. The van der Waals surface area contributed by atoms with Gasteiger partial charge in [0.05, 0.1) is 41.3 Å². The molecule has 5 aromatic rings. The van der Waals surface area contributed by atoms with Gasteiger partial charge in [-0.3, -0.25) is 5.01 Å². The molecule has 3 aromatic heterocycles. The molecule has 0 saturated carbocycles. The van der Waals surface area contributed by atoms with Crippen LogP contribution in [0.1, 0.15) is 45.9 Å². The van der Waals surface area contributed by atoms with E-state index in [9.17, 15) is 0 Å². The van der Waals surface area contributed by atoms with Crippen molar-refractivity contribution in [1.29, 1.82) is 0 Å². The zero-order valence-electron chi connectivity index (χ0n) is 24.3. The molecule has 1 aliphatic heterocycles. The Kier molecular flexibility index (Phi) is 7.92. The molecule has 1 aliphatic rings. The lowest BCUT2D eigenvalue weighted by Crippen LogP contribution is -2.23. The second kappa shape index (κ2) is 11.8. The van der Waals surface area contributed by atoms with E-state index in [-0.39, 0.29) is 5.92 Å². The Morgan fingerprint density at radius 3 is 2.49 bits per heavy atom. The maximum Gasteiger partial charge on any atom is 0.152 e. The van der Waals surface area contributed by atoms with Gasteiger partial charge in [0.15, 0.2) is 5.65 Å². The maximum atomic E-state index is 5.97. The van der Waals surface area contributed by atoms with E-state index < -0.39 is 8.07 Å². The van der Waals surface area contributed by atoms with Gasteiger partial charge in [-0.1, -0.05) is 80.3 Å². The van der Waals surface area contributed by atoms with Crippen LogP contribution in [0.4, 0.5) is 0 Å². The van der Waals surface area contributed by atoms with Gasteiger partial charge in [0.25, 0.3) is 0 Å². The van der Waals surface area contributed by atoms with Gasteiger partial charge in [-0.15, -0.1) is 11.3 Å². The molecule has 0 saturated heterocycles. The number of nitrogens with zero attached hydrogens (tertiary/aromatic N) is 6. The third-order valence-electron chi connectivity index (χ3n) is 7.53. The number of rotatable bonds is 11. The van der Waals surface area contributed by atoms with E-state index in [1.54, 1.807) is 11.3 Å². The fourth-order valence-corrected chi connectivity index (χ4v) is 7.33. The maximum absolute atomic E-state index is 5.97. The van der Waals surface area contributed by atoms with Crippen LogP contribution >= 0.6 is 11.3 Å². The summed E-state index contributed by atoms with van der Waals surface area (Å²) in [6.07, 6.45) is 4.05. The number of hydrogen-bond acceptors (Lipinski definition) is 6. The molecule has 212 valence electrons. The summed E-state index contributed by atoms with van der Waals surface area (Å²) in [4.78, 5) is 5.29. The van der Waals surface area contributed by atoms with Crippen LogP contribution in [0.2, 0.25) is 25.7 Å². The lowest BCUT2D eigenvalue weighted by atomic mass is 9.96. The van der Waals surface area contributed by atoms with Gasteiger partial charge in [0, 0.05) is 33.0 Å². The van der Waals surface area contributed by atoms with Crippen LogP contribution in [-0.2, 0) is 31.1 Å². The number of fused-ring (bicyclic) bond motifs is 3. The van der Waals surface area contributed by atoms with Crippen molar-refractivity contribution in [2.24, 2.45) is 5.10 Å². The molecule has 41 heavy (non-hydrogen) atoms. The molecule has 0 spiro atoms. The highest BCUT2D eigenvalue weighted by molar-refractivity contribution is 7.19. The number of hydrogen-bond donors (Lipinski definition) is 0. The highest BCUT2D eigenvalue weighted by Gasteiger charge is 2.28. The van der Waals surface area contributed by atoms with Crippen LogP contribution in [0.15, 0.2) is 78.0 Å². The molecule has 9 heteroatoms. The quantitative estimate of drug-likeness (QED) is 0.123. The van der Waals surface area contributed by atoms with Crippen LogP contribution in [0.25, 0.3) is 10.3 Å². The third kappa shape index (κ3) is 6.07. The number of thiazole rings is 1. The van der Waals surface area contributed by atoms with Gasteiger partial charge < -0.3 is 9.30 Å². The van der Waals surface area contributed by atoms with Crippen molar-refractivity contribution < 1.29 is 4.74 Å². The highest BCUT2D eigenvalue weighted by atomic mass is 32.1. The minimum absolute atomic E-state index is 0.0482. The Balaban J connectivity index is 1.30. The van der Waals surface area contributed by atoms with Crippen molar-refractivity contribution in [3.8, 4) is 0 Å². The summed E-state index contributed by atoms with van der Waals surface area (Å²) in [6.45, 7) is 13.0. The first-order valence-electron chi connectivity index (χ1n) is 14.4. The summed E-state index contributed by atoms with van der Waals surface area (Å²) >= 11 is 1.77. The molecular formula is C32H38N6OSSi. The number of aromatic nitrogens is 4. The van der Waals surface area contributed by atoms with Gasteiger partial charge in [-0.2, -0.15) is 10.2 Å². The van der Waals surface area contributed by atoms with Crippen molar-refractivity contribution in [2.45, 2.75) is 64.9 Å². The smallest absolute Gasteiger partial charge is 0.152 e. The summed E-state index contributed by atoms with van der Waals surface area (Å²) in [5.74, 6) is -0.0482. The second-order valence-electron chi connectivity index (χ2n) is 11.8. The van der Waals surface area contributed by atoms with Gasteiger partial charge in [0.1, 0.15) is 11.7 Å². The minimum atomic E-state index is -1.12. The lowest BCUT2D eigenvalue weighted by molar-refractivity contribution is 0.0783. The van der Waals surface area contributed by atoms with Crippen LogP contribution in [-0.4, -0.2) is 45.2 Å². The van der Waals surface area contributed by atoms with Crippen molar-refractivity contribution in [3.63, 3.8) is 0 Å². The molecule has 1 unspecified atom stereocenters. The molecule has 0 aliphatic carbocycles.